The summed E-state index contributed by atoms with van der Waals surface area (Å²) in [5.74, 6) is -0.270. The molecular formula is C12H9Cl2N3O. The van der Waals surface area contributed by atoms with Gasteiger partial charge in [0.15, 0.2) is 5.78 Å². The number of Topliss-reactive ketones (excluding diaryl/α,β-unsaturated/α-hetero) is 1. The molecule has 0 aliphatic carbocycles. The van der Waals surface area contributed by atoms with Crippen LogP contribution in [0, 0.1) is 22.7 Å². The van der Waals surface area contributed by atoms with Gasteiger partial charge in [-0.1, -0.05) is 23.2 Å². The highest BCUT2D eigenvalue weighted by Crippen LogP contribution is 2.21. The summed E-state index contributed by atoms with van der Waals surface area (Å²) in [6.45, 7) is -0.0177. The predicted molar refractivity (Wildman–Crippen MR) is 68.5 cm³/mol. The zero-order valence-electron chi connectivity index (χ0n) is 9.36. The molecule has 0 saturated carbocycles. The summed E-state index contributed by atoms with van der Waals surface area (Å²) in [4.78, 5) is 13.4. The molecule has 0 fully saturated rings. The highest BCUT2D eigenvalue weighted by Gasteiger charge is 2.15. The lowest BCUT2D eigenvalue weighted by Gasteiger charge is -2.14. The van der Waals surface area contributed by atoms with E-state index >= 15 is 0 Å². The molecule has 0 heterocycles. The second-order valence-corrected chi connectivity index (χ2v) is 4.35. The monoisotopic (exact) mass is 281 g/mol. The number of benzene rings is 1. The van der Waals surface area contributed by atoms with Crippen LogP contribution in [0.5, 0.6) is 0 Å². The molecule has 0 aliphatic rings. The molecule has 0 amide bonds. The van der Waals surface area contributed by atoms with Gasteiger partial charge in [-0.15, -0.1) is 0 Å². The number of rotatable bonds is 5. The Morgan fingerprint density at radius 3 is 2.39 bits per heavy atom. The average Bonchev–Trinajstić information content (AvgIpc) is 2.33. The largest absolute Gasteiger partial charge is 0.293 e. The number of hydrogen-bond donors (Lipinski definition) is 0. The molecule has 0 N–H and O–H groups in total. The summed E-state index contributed by atoms with van der Waals surface area (Å²) in [5, 5.41) is 17.9. The van der Waals surface area contributed by atoms with Crippen LogP contribution in [0.3, 0.4) is 0 Å². The number of ketones is 1. The van der Waals surface area contributed by atoms with Crippen molar-refractivity contribution < 1.29 is 4.79 Å². The maximum Gasteiger partial charge on any atom is 0.178 e. The lowest BCUT2D eigenvalue weighted by Crippen LogP contribution is -2.30. The van der Waals surface area contributed by atoms with Crippen molar-refractivity contribution in [2.75, 3.05) is 19.6 Å². The van der Waals surface area contributed by atoms with Gasteiger partial charge in [-0.25, -0.2) is 0 Å². The van der Waals surface area contributed by atoms with Crippen LogP contribution in [0.4, 0.5) is 0 Å². The van der Waals surface area contributed by atoms with Crippen LogP contribution in [0.15, 0.2) is 18.2 Å². The fraction of sp³-hybridized carbons (Fsp3) is 0.250. The van der Waals surface area contributed by atoms with E-state index in [2.05, 4.69) is 0 Å². The first-order chi connectivity index (χ1) is 8.58. The standard InChI is InChI=1S/C12H9Cl2N3O/c13-9-1-2-11(14)10(7-9)12(18)8-17(5-3-15)6-4-16/h1-2,7H,5-6,8H2. The van der Waals surface area contributed by atoms with Crippen molar-refractivity contribution in [1.29, 1.82) is 10.5 Å². The molecule has 0 unspecified atom stereocenters. The van der Waals surface area contributed by atoms with Crippen molar-refractivity contribution in [1.82, 2.24) is 4.90 Å². The first kappa shape index (κ1) is 14.5. The normalized spacial score (nSPS) is 9.83. The minimum absolute atomic E-state index is 0.0114. The lowest BCUT2D eigenvalue weighted by molar-refractivity contribution is 0.0946. The van der Waals surface area contributed by atoms with Gasteiger partial charge in [-0.05, 0) is 18.2 Å². The Hall–Kier alpha value is -1.59. The summed E-state index contributed by atoms with van der Waals surface area (Å²) in [6, 6.07) is 8.40. The smallest absolute Gasteiger partial charge is 0.178 e. The molecule has 0 radical (unpaired) electrons. The summed E-state index contributed by atoms with van der Waals surface area (Å²) < 4.78 is 0. The zero-order valence-corrected chi connectivity index (χ0v) is 10.9. The molecule has 4 nitrogen and oxygen atoms in total. The van der Waals surface area contributed by atoms with Crippen LogP contribution in [0.2, 0.25) is 10.0 Å². The van der Waals surface area contributed by atoms with Gasteiger partial charge in [0.25, 0.3) is 0 Å². The Kier molecular flexibility index (Phi) is 5.61. The van der Waals surface area contributed by atoms with Gasteiger partial charge in [0.1, 0.15) is 0 Å². The molecule has 18 heavy (non-hydrogen) atoms. The minimum Gasteiger partial charge on any atom is -0.293 e. The van der Waals surface area contributed by atoms with E-state index in [1.807, 2.05) is 12.1 Å². The van der Waals surface area contributed by atoms with E-state index in [0.29, 0.717) is 15.6 Å². The number of carbonyl (C=O) groups excluding carboxylic acids is 1. The molecule has 92 valence electrons. The Labute approximate surface area is 115 Å². The average molecular weight is 282 g/mol. The summed E-state index contributed by atoms with van der Waals surface area (Å²) in [5.41, 5.74) is 0.296. The van der Waals surface area contributed by atoms with Gasteiger partial charge in [-0.3, -0.25) is 9.69 Å². The fourth-order valence-corrected chi connectivity index (χ4v) is 1.76. The Bertz CT molecular complexity index is 515. The van der Waals surface area contributed by atoms with Crippen molar-refractivity contribution in [2.24, 2.45) is 0 Å². The molecule has 0 aliphatic heterocycles. The number of halogens is 2. The molecule has 0 spiro atoms. The number of nitriles is 2. The fourth-order valence-electron chi connectivity index (χ4n) is 1.37. The van der Waals surface area contributed by atoms with Crippen LogP contribution >= 0.6 is 23.2 Å². The third-order valence-electron chi connectivity index (χ3n) is 2.18. The van der Waals surface area contributed by atoms with E-state index < -0.39 is 0 Å². The maximum absolute atomic E-state index is 12.0. The second-order valence-electron chi connectivity index (χ2n) is 3.51. The lowest BCUT2D eigenvalue weighted by atomic mass is 10.1. The number of nitrogens with zero attached hydrogens (tertiary/aromatic N) is 3. The highest BCUT2D eigenvalue weighted by atomic mass is 35.5. The molecule has 0 bridgehead atoms. The van der Waals surface area contributed by atoms with Crippen LogP contribution in [-0.2, 0) is 0 Å². The molecular weight excluding hydrogens is 273 g/mol. The van der Waals surface area contributed by atoms with Crippen LogP contribution < -0.4 is 0 Å². The summed E-state index contributed by atoms with van der Waals surface area (Å²) in [7, 11) is 0. The molecule has 0 aromatic heterocycles. The van der Waals surface area contributed by atoms with E-state index in [-0.39, 0.29) is 25.4 Å². The first-order valence-electron chi connectivity index (χ1n) is 5.03. The molecule has 1 aromatic rings. The predicted octanol–water partition coefficient (Wildman–Crippen LogP) is 2.53. The summed E-state index contributed by atoms with van der Waals surface area (Å²) in [6.07, 6.45) is 0. The van der Waals surface area contributed by atoms with Crippen LogP contribution in [-0.4, -0.2) is 30.3 Å². The van der Waals surface area contributed by atoms with Gasteiger partial charge in [-0.2, -0.15) is 10.5 Å². The van der Waals surface area contributed by atoms with E-state index in [0.717, 1.165) is 0 Å². The van der Waals surface area contributed by atoms with Crippen molar-refractivity contribution in [2.45, 2.75) is 0 Å². The SMILES string of the molecule is N#CCN(CC#N)CC(=O)c1cc(Cl)ccc1Cl. The quantitative estimate of drug-likeness (QED) is 0.614. The summed E-state index contributed by atoms with van der Waals surface area (Å²) >= 11 is 11.7. The van der Waals surface area contributed by atoms with Gasteiger partial charge in [0.2, 0.25) is 0 Å². The Balaban J connectivity index is 2.84. The third kappa shape index (κ3) is 4.01. The zero-order chi connectivity index (χ0) is 13.5. The van der Waals surface area contributed by atoms with Crippen molar-refractivity contribution in [3.05, 3.63) is 33.8 Å². The molecule has 0 saturated heterocycles. The molecule has 0 atom stereocenters. The number of hydrogen-bond acceptors (Lipinski definition) is 4. The van der Waals surface area contributed by atoms with E-state index in [4.69, 9.17) is 33.7 Å². The third-order valence-corrected chi connectivity index (χ3v) is 2.75. The minimum atomic E-state index is -0.270. The highest BCUT2D eigenvalue weighted by molar-refractivity contribution is 6.36. The van der Waals surface area contributed by atoms with Gasteiger partial charge < -0.3 is 0 Å². The van der Waals surface area contributed by atoms with E-state index in [1.165, 1.54) is 17.0 Å². The maximum atomic E-state index is 12.0. The first-order valence-corrected chi connectivity index (χ1v) is 5.78. The Morgan fingerprint density at radius 1 is 1.22 bits per heavy atom. The number of carbonyl (C=O) groups is 1. The van der Waals surface area contributed by atoms with Gasteiger partial charge >= 0.3 is 0 Å². The molecule has 1 aromatic carbocycles. The van der Waals surface area contributed by atoms with Gasteiger partial charge in [0.05, 0.1) is 36.8 Å². The Morgan fingerprint density at radius 2 is 1.83 bits per heavy atom. The topological polar surface area (TPSA) is 67.9 Å². The van der Waals surface area contributed by atoms with E-state index in [9.17, 15) is 4.79 Å². The van der Waals surface area contributed by atoms with E-state index in [1.54, 1.807) is 6.07 Å². The molecule has 6 heteroatoms. The van der Waals surface area contributed by atoms with Crippen molar-refractivity contribution in [3.63, 3.8) is 0 Å². The van der Waals surface area contributed by atoms with Crippen LogP contribution in [0.1, 0.15) is 10.4 Å². The van der Waals surface area contributed by atoms with Crippen LogP contribution in [0.25, 0.3) is 0 Å². The van der Waals surface area contributed by atoms with Gasteiger partial charge in [0, 0.05) is 10.6 Å². The second kappa shape index (κ2) is 6.98. The van der Waals surface area contributed by atoms with Crippen molar-refractivity contribution >= 4 is 29.0 Å². The molecule has 1 rings (SSSR count). The van der Waals surface area contributed by atoms with Crippen molar-refractivity contribution in [3.8, 4) is 12.1 Å².